The van der Waals surface area contributed by atoms with Crippen molar-refractivity contribution >= 4 is 13.7 Å². The molecule has 0 aliphatic rings. The summed E-state index contributed by atoms with van der Waals surface area (Å²) in [5.74, 6) is -0.195. The Morgan fingerprint density at radius 2 is 0.910 bits per heavy atom. The minimum atomic E-state index is -4.36. The Hall–Kier alpha value is -2.58. The molecule has 9 heteroatoms. The molecule has 0 aromatic rings. The second kappa shape index (κ2) is 48.4. The molecule has 3 N–H and O–H groups in total. The summed E-state index contributed by atoms with van der Waals surface area (Å²) in [5.41, 5.74) is 0. The molecule has 0 aromatic heterocycles. The van der Waals surface area contributed by atoms with Crippen molar-refractivity contribution in [2.75, 3.05) is 40.9 Å². The van der Waals surface area contributed by atoms with Crippen molar-refractivity contribution < 1.29 is 32.9 Å². The molecule has 0 aromatic carbocycles. The van der Waals surface area contributed by atoms with Gasteiger partial charge in [-0.05, 0) is 83.5 Å². The molecule has 3 atom stereocenters. The molecule has 0 rings (SSSR count). The molecule has 3 unspecified atom stereocenters. The second-order valence-electron chi connectivity index (χ2n) is 19.2. The number of likely N-dealkylation sites (N-methyl/N-ethyl adjacent to an activating group) is 1. The molecule has 0 saturated heterocycles. The molecule has 0 aliphatic carbocycles. The van der Waals surface area contributed by atoms with Gasteiger partial charge in [0.25, 0.3) is 0 Å². The van der Waals surface area contributed by atoms with E-state index in [0.29, 0.717) is 17.4 Å². The van der Waals surface area contributed by atoms with Gasteiger partial charge < -0.3 is 19.8 Å². The van der Waals surface area contributed by atoms with Crippen molar-refractivity contribution in [1.82, 2.24) is 5.32 Å². The van der Waals surface area contributed by atoms with Crippen LogP contribution < -0.4 is 5.32 Å². The molecular formula is C58H104N2O6P+. The van der Waals surface area contributed by atoms with Crippen molar-refractivity contribution in [2.24, 2.45) is 0 Å². The molecule has 0 bridgehead atoms. The van der Waals surface area contributed by atoms with E-state index in [9.17, 15) is 19.4 Å². The predicted molar refractivity (Wildman–Crippen MR) is 290 cm³/mol. The van der Waals surface area contributed by atoms with Gasteiger partial charge in [0, 0.05) is 6.42 Å². The maximum Gasteiger partial charge on any atom is 0.472 e. The standard InChI is InChI=1S/C58H103N2O6P/c1-6-8-10-12-14-16-18-20-21-22-23-24-25-26-27-28-29-30-31-32-33-34-35-36-37-38-39-40-42-44-46-48-50-52-58(62)59-56(55-66-67(63,64)65-54-53-60(3,4)5)57(61)51-49-47-45-43-41-19-17-15-13-11-9-7-2/h8,10,13-16,20-21,23-24,26-27,41,43,49,51,56-57,61H,6-7,9,11-12,17-19,22,25,28-40,42,44-48,50,52-55H2,1-5H3,(H-,59,62,63,64)/p+1/b10-8-,15-13+,16-14-,21-20-,24-23-,27-26-,43-41+,51-49+. The highest BCUT2D eigenvalue weighted by atomic mass is 31.2. The number of nitrogens with one attached hydrogen (secondary N) is 1. The van der Waals surface area contributed by atoms with Crippen molar-refractivity contribution in [2.45, 2.75) is 225 Å². The third-order valence-corrected chi connectivity index (χ3v) is 12.5. The molecule has 0 heterocycles. The van der Waals surface area contributed by atoms with Crippen LogP contribution in [0.4, 0.5) is 0 Å². The minimum Gasteiger partial charge on any atom is -0.387 e. The van der Waals surface area contributed by atoms with E-state index in [1.807, 2.05) is 27.2 Å². The molecule has 0 radical (unpaired) electrons. The number of aliphatic hydroxyl groups excluding tert-OH is 1. The largest absolute Gasteiger partial charge is 0.472 e. The number of hydrogen-bond donors (Lipinski definition) is 3. The monoisotopic (exact) mass is 956 g/mol. The number of rotatable bonds is 48. The summed E-state index contributed by atoms with van der Waals surface area (Å²) < 4.78 is 23.6. The number of phosphoric acid groups is 1. The maximum absolute atomic E-state index is 12.9. The highest BCUT2D eigenvalue weighted by Crippen LogP contribution is 2.43. The van der Waals surface area contributed by atoms with Gasteiger partial charge >= 0.3 is 7.82 Å². The van der Waals surface area contributed by atoms with Crippen LogP contribution in [-0.2, 0) is 18.4 Å². The zero-order valence-electron chi connectivity index (χ0n) is 43.9. The van der Waals surface area contributed by atoms with Gasteiger partial charge in [-0.1, -0.05) is 220 Å². The van der Waals surface area contributed by atoms with E-state index in [-0.39, 0.29) is 19.1 Å². The molecular weight excluding hydrogens is 852 g/mol. The van der Waals surface area contributed by atoms with E-state index in [0.717, 1.165) is 83.5 Å². The van der Waals surface area contributed by atoms with E-state index >= 15 is 0 Å². The van der Waals surface area contributed by atoms with Crippen molar-refractivity contribution in [3.8, 4) is 0 Å². The smallest absolute Gasteiger partial charge is 0.387 e. The Kier molecular flexibility index (Phi) is 46.6. The maximum atomic E-state index is 12.9. The minimum absolute atomic E-state index is 0.0503. The number of aliphatic hydroxyl groups is 1. The zero-order chi connectivity index (χ0) is 49.2. The van der Waals surface area contributed by atoms with E-state index in [1.165, 1.54) is 109 Å². The van der Waals surface area contributed by atoms with Gasteiger partial charge in [-0.2, -0.15) is 0 Å². The Morgan fingerprint density at radius 1 is 0.522 bits per heavy atom. The summed E-state index contributed by atoms with van der Waals surface area (Å²) in [4.78, 5) is 23.2. The SMILES string of the molecule is CC/C=C\C/C=C\C/C=C\C/C=C\C/C=C\CCCCCCCCCCCCCCCCCCCC(=O)NC(COP(=O)(O)OCC[N+](C)(C)C)C(O)/C=C/CC/C=C/CC/C=C/CCCC. The quantitative estimate of drug-likeness (QED) is 0.0243. The Morgan fingerprint density at radius 3 is 1.37 bits per heavy atom. The van der Waals surface area contributed by atoms with Crippen LogP contribution in [0.3, 0.4) is 0 Å². The van der Waals surface area contributed by atoms with E-state index in [4.69, 9.17) is 9.05 Å². The number of unbranched alkanes of at least 4 members (excludes halogenated alkanes) is 21. The van der Waals surface area contributed by atoms with Crippen molar-refractivity contribution in [3.05, 3.63) is 97.2 Å². The van der Waals surface area contributed by atoms with Crippen LogP contribution in [-0.4, -0.2) is 73.4 Å². The molecule has 386 valence electrons. The van der Waals surface area contributed by atoms with E-state index < -0.39 is 20.0 Å². The number of carbonyl (C=O) groups excluding carboxylic acids is 1. The van der Waals surface area contributed by atoms with Crippen LogP contribution >= 0.6 is 7.82 Å². The van der Waals surface area contributed by atoms with Crippen LogP contribution in [0.2, 0.25) is 0 Å². The first-order valence-corrected chi connectivity index (χ1v) is 28.6. The number of amides is 1. The lowest BCUT2D eigenvalue weighted by Gasteiger charge is -2.25. The van der Waals surface area contributed by atoms with Crippen LogP contribution in [0.5, 0.6) is 0 Å². The number of hydrogen-bond acceptors (Lipinski definition) is 5. The summed E-state index contributed by atoms with van der Waals surface area (Å²) >= 11 is 0. The fourth-order valence-electron chi connectivity index (χ4n) is 7.26. The van der Waals surface area contributed by atoms with Crippen LogP contribution in [0.1, 0.15) is 213 Å². The fourth-order valence-corrected chi connectivity index (χ4v) is 8.00. The Balaban J connectivity index is 4.07. The second-order valence-corrected chi connectivity index (χ2v) is 20.7. The zero-order valence-corrected chi connectivity index (χ0v) is 44.8. The number of allylic oxidation sites excluding steroid dienone is 15. The summed E-state index contributed by atoms with van der Waals surface area (Å²) in [6.45, 7) is 4.61. The molecule has 0 fully saturated rings. The lowest BCUT2D eigenvalue weighted by atomic mass is 10.0. The molecule has 1 amide bonds. The van der Waals surface area contributed by atoms with Crippen LogP contribution in [0, 0.1) is 0 Å². The van der Waals surface area contributed by atoms with Gasteiger partial charge in [0.15, 0.2) is 0 Å². The van der Waals surface area contributed by atoms with Gasteiger partial charge in [-0.25, -0.2) is 4.57 Å². The predicted octanol–water partition coefficient (Wildman–Crippen LogP) is 16.3. The third kappa shape index (κ3) is 51.1. The third-order valence-electron chi connectivity index (χ3n) is 11.5. The van der Waals surface area contributed by atoms with E-state index in [2.05, 4.69) is 104 Å². The topological polar surface area (TPSA) is 105 Å². The van der Waals surface area contributed by atoms with Crippen LogP contribution in [0.15, 0.2) is 97.2 Å². The van der Waals surface area contributed by atoms with Gasteiger partial charge in [0.2, 0.25) is 5.91 Å². The average molecular weight is 956 g/mol. The molecule has 8 nitrogen and oxygen atoms in total. The first kappa shape index (κ1) is 64.4. The fraction of sp³-hybridized carbons (Fsp3) is 0.707. The number of quaternary nitrogens is 1. The normalized spacial score (nSPS) is 14.8. The Labute approximate surface area is 413 Å². The van der Waals surface area contributed by atoms with Gasteiger partial charge in [0.05, 0.1) is 39.9 Å². The van der Waals surface area contributed by atoms with Crippen molar-refractivity contribution in [1.29, 1.82) is 0 Å². The highest BCUT2D eigenvalue weighted by molar-refractivity contribution is 7.47. The van der Waals surface area contributed by atoms with Gasteiger partial charge in [-0.15, -0.1) is 0 Å². The Bertz CT molecular complexity index is 1410. The molecule has 0 saturated carbocycles. The molecule has 0 aliphatic heterocycles. The summed E-state index contributed by atoms with van der Waals surface area (Å²) in [5, 5.41) is 13.8. The first-order valence-electron chi connectivity index (χ1n) is 27.1. The average Bonchev–Trinajstić information content (AvgIpc) is 3.29. The number of nitrogens with zero attached hydrogens (tertiary/aromatic N) is 1. The van der Waals surface area contributed by atoms with E-state index in [1.54, 1.807) is 6.08 Å². The summed E-state index contributed by atoms with van der Waals surface area (Å²) in [6, 6.07) is -0.872. The lowest BCUT2D eigenvalue weighted by Crippen LogP contribution is -2.45. The molecule has 67 heavy (non-hydrogen) atoms. The van der Waals surface area contributed by atoms with Crippen molar-refractivity contribution in [3.63, 3.8) is 0 Å². The van der Waals surface area contributed by atoms with Crippen LogP contribution in [0.25, 0.3) is 0 Å². The summed E-state index contributed by atoms with van der Waals surface area (Å²) in [6.07, 6.45) is 69.5. The first-order chi connectivity index (χ1) is 32.5. The van der Waals surface area contributed by atoms with Gasteiger partial charge in [0.1, 0.15) is 13.2 Å². The highest BCUT2D eigenvalue weighted by Gasteiger charge is 2.27. The number of phosphoric ester groups is 1. The molecule has 0 spiro atoms. The summed E-state index contributed by atoms with van der Waals surface area (Å²) in [7, 11) is 1.54. The lowest BCUT2D eigenvalue weighted by molar-refractivity contribution is -0.870. The number of carbonyl (C=O) groups is 1. The van der Waals surface area contributed by atoms with Gasteiger partial charge in [-0.3, -0.25) is 13.8 Å².